The number of fused-ring (bicyclic) bond motifs is 4. The Labute approximate surface area is 248 Å². The first-order chi connectivity index (χ1) is 20.8. The van der Waals surface area contributed by atoms with E-state index in [2.05, 4.69) is 155 Å². The van der Waals surface area contributed by atoms with Crippen molar-refractivity contribution in [3.8, 4) is 22.3 Å². The molecule has 0 N–H and O–H groups in total. The van der Waals surface area contributed by atoms with Crippen molar-refractivity contribution < 1.29 is 0 Å². The summed E-state index contributed by atoms with van der Waals surface area (Å²) in [7, 11) is 0. The molecule has 8 aromatic rings. The van der Waals surface area contributed by atoms with E-state index >= 15 is 0 Å². The molecule has 0 amide bonds. The van der Waals surface area contributed by atoms with Crippen LogP contribution >= 0.6 is 11.3 Å². The van der Waals surface area contributed by atoms with Crippen LogP contribution in [0, 0.1) is 0 Å². The van der Waals surface area contributed by atoms with Crippen molar-refractivity contribution in [3.05, 3.63) is 158 Å². The van der Waals surface area contributed by atoms with Crippen LogP contribution in [0.25, 0.3) is 53.2 Å². The quantitative estimate of drug-likeness (QED) is 0.210. The van der Waals surface area contributed by atoms with E-state index < -0.39 is 0 Å². The molecule has 42 heavy (non-hydrogen) atoms. The number of rotatable bonds is 5. The molecule has 2 heterocycles. The highest BCUT2D eigenvalue weighted by Crippen LogP contribution is 2.41. The van der Waals surface area contributed by atoms with E-state index in [1.807, 2.05) is 23.7 Å². The molecule has 8 rings (SSSR count). The van der Waals surface area contributed by atoms with Gasteiger partial charge in [0.05, 0.1) is 0 Å². The first-order valence-corrected chi connectivity index (χ1v) is 14.9. The molecule has 198 valence electrons. The van der Waals surface area contributed by atoms with Crippen molar-refractivity contribution >= 4 is 59.3 Å². The van der Waals surface area contributed by atoms with Crippen LogP contribution in [0.1, 0.15) is 0 Å². The van der Waals surface area contributed by atoms with Crippen LogP contribution in [-0.4, -0.2) is 4.98 Å². The van der Waals surface area contributed by atoms with E-state index in [1.165, 1.54) is 53.2 Å². The van der Waals surface area contributed by atoms with E-state index in [0.29, 0.717) is 0 Å². The van der Waals surface area contributed by atoms with E-state index in [-0.39, 0.29) is 0 Å². The Morgan fingerprint density at radius 1 is 0.452 bits per heavy atom. The summed E-state index contributed by atoms with van der Waals surface area (Å²) in [5.74, 6) is 0. The number of thiophene rings is 1. The second-order valence-electron chi connectivity index (χ2n) is 10.5. The lowest BCUT2D eigenvalue weighted by Crippen LogP contribution is -2.09. The average molecular weight is 555 g/mol. The molecule has 3 heteroatoms. The highest BCUT2D eigenvalue weighted by molar-refractivity contribution is 7.25. The first kappa shape index (κ1) is 24.5. The van der Waals surface area contributed by atoms with Gasteiger partial charge in [-0.3, -0.25) is 4.98 Å². The molecule has 0 aliphatic heterocycles. The average Bonchev–Trinajstić information content (AvgIpc) is 3.44. The van der Waals surface area contributed by atoms with Gasteiger partial charge in [-0.05, 0) is 81.6 Å². The van der Waals surface area contributed by atoms with Crippen LogP contribution in [0.4, 0.5) is 17.1 Å². The molecule has 0 bridgehead atoms. The monoisotopic (exact) mass is 554 g/mol. The molecule has 2 nitrogen and oxygen atoms in total. The van der Waals surface area contributed by atoms with Crippen LogP contribution in [0.15, 0.2) is 158 Å². The summed E-state index contributed by atoms with van der Waals surface area (Å²) in [4.78, 5) is 6.77. The second-order valence-corrected chi connectivity index (χ2v) is 11.6. The Morgan fingerprint density at radius 2 is 1.10 bits per heavy atom. The van der Waals surface area contributed by atoms with Gasteiger partial charge in [-0.25, -0.2) is 0 Å². The Hall–Kier alpha value is -5.25. The van der Waals surface area contributed by atoms with E-state index in [9.17, 15) is 0 Å². The van der Waals surface area contributed by atoms with Crippen molar-refractivity contribution in [2.24, 2.45) is 0 Å². The van der Waals surface area contributed by atoms with Gasteiger partial charge < -0.3 is 4.90 Å². The van der Waals surface area contributed by atoms with E-state index in [4.69, 9.17) is 0 Å². The van der Waals surface area contributed by atoms with Gasteiger partial charge in [-0.2, -0.15) is 0 Å². The van der Waals surface area contributed by atoms with Gasteiger partial charge in [0, 0.05) is 49.6 Å². The third kappa shape index (κ3) is 4.32. The minimum atomic E-state index is 1.11. The number of benzene rings is 6. The topological polar surface area (TPSA) is 16.1 Å². The molecule has 0 radical (unpaired) electrons. The Balaban J connectivity index is 1.25. The standard InChI is InChI=1S/C39H26N2S/c1-2-7-27(8-3-1)28-13-17-31(18-14-28)41(33-21-22-38-36(25-33)37-26-40-24-23-39(37)42-38)32-19-15-30(16-20-32)35-12-6-10-29-9-4-5-11-34(29)35/h1-26H. The van der Waals surface area contributed by atoms with Crippen molar-refractivity contribution in [2.45, 2.75) is 0 Å². The summed E-state index contributed by atoms with van der Waals surface area (Å²) in [6, 6.07) is 52.3. The number of anilines is 3. The molecule has 0 aliphatic carbocycles. The Morgan fingerprint density at radius 3 is 1.90 bits per heavy atom. The third-order valence-corrected chi connectivity index (χ3v) is 9.12. The molecule has 0 saturated heterocycles. The number of pyridine rings is 1. The SMILES string of the molecule is c1ccc(-c2ccc(N(c3ccc(-c4cccc5ccccc45)cc3)c3ccc4sc5ccncc5c4c3)cc2)cc1. The van der Waals surface area contributed by atoms with Crippen LogP contribution in [-0.2, 0) is 0 Å². The lowest BCUT2D eigenvalue weighted by molar-refractivity contribution is 1.29. The molecule has 0 atom stereocenters. The summed E-state index contributed by atoms with van der Waals surface area (Å²) in [6.07, 6.45) is 3.85. The molecule has 2 aromatic heterocycles. The van der Waals surface area contributed by atoms with Gasteiger partial charge in [0.15, 0.2) is 0 Å². The summed E-state index contributed by atoms with van der Waals surface area (Å²) >= 11 is 1.82. The lowest BCUT2D eigenvalue weighted by atomic mass is 9.98. The zero-order valence-electron chi connectivity index (χ0n) is 22.8. The first-order valence-electron chi connectivity index (χ1n) is 14.1. The summed E-state index contributed by atoms with van der Waals surface area (Å²) in [5.41, 5.74) is 8.23. The fraction of sp³-hybridized carbons (Fsp3) is 0. The predicted octanol–water partition coefficient (Wildman–Crippen LogP) is 11.4. The normalized spacial score (nSPS) is 11.3. The maximum Gasteiger partial charge on any atom is 0.0468 e. The number of hydrogen-bond acceptors (Lipinski definition) is 3. The van der Waals surface area contributed by atoms with Gasteiger partial charge in [0.25, 0.3) is 0 Å². The molecular formula is C39H26N2S. The Kier molecular flexibility index (Phi) is 6.02. The lowest BCUT2D eigenvalue weighted by Gasteiger charge is -2.26. The maximum absolute atomic E-state index is 4.42. The van der Waals surface area contributed by atoms with E-state index in [0.717, 1.165) is 17.1 Å². The predicted molar refractivity (Wildman–Crippen MR) is 180 cm³/mol. The molecule has 0 saturated carbocycles. The fourth-order valence-corrected chi connectivity index (χ4v) is 6.95. The molecule has 0 aliphatic rings. The van der Waals surface area contributed by atoms with Gasteiger partial charge >= 0.3 is 0 Å². The zero-order valence-corrected chi connectivity index (χ0v) is 23.6. The van der Waals surface area contributed by atoms with Crippen molar-refractivity contribution in [2.75, 3.05) is 4.90 Å². The molecule has 0 fully saturated rings. The Bertz CT molecular complexity index is 2170. The minimum absolute atomic E-state index is 1.11. The molecule has 0 unspecified atom stereocenters. The van der Waals surface area contributed by atoms with Crippen molar-refractivity contribution in [1.29, 1.82) is 0 Å². The van der Waals surface area contributed by atoms with Gasteiger partial charge in [-0.15, -0.1) is 11.3 Å². The maximum atomic E-state index is 4.42. The molecular weight excluding hydrogens is 529 g/mol. The van der Waals surface area contributed by atoms with Crippen molar-refractivity contribution in [1.82, 2.24) is 4.98 Å². The van der Waals surface area contributed by atoms with Crippen LogP contribution < -0.4 is 4.90 Å². The zero-order chi connectivity index (χ0) is 27.9. The minimum Gasteiger partial charge on any atom is -0.310 e. The summed E-state index contributed by atoms with van der Waals surface area (Å²) < 4.78 is 2.53. The number of aromatic nitrogens is 1. The van der Waals surface area contributed by atoms with Crippen LogP contribution in [0.5, 0.6) is 0 Å². The second kappa shape index (κ2) is 10.3. The van der Waals surface area contributed by atoms with Gasteiger partial charge in [0.2, 0.25) is 0 Å². The smallest absolute Gasteiger partial charge is 0.0468 e. The highest BCUT2D eigenvalue weighted by atomic mass is 32.1. The van der Waals surface area contributed by atoms with Crippen LogP contribution in [0.2, 0.25) is 0 Å². The molecule has 6 aromatic carbocycles. The summed E-state index contributed by atoms with van der Waals surface area (Å²) in [6.45, 7) is 0. The van der Waals surface area contributed by atoms with Gasteiger partial charge in [0.1, 0.15) is 0 Å². The number of hydrogen-bond donors (Lipinski definition) is 0. The fourth-order valence-electron chi connectivity index (χ4n) is 5.90. The highest BCUT2D eigenvalue weighted by Gasteiger charge is 2.16. The summed E-state index contributed by atoms with van der Waals surface area (Å²) in [5, 5.41) is 4.96. The van der Waals surface area contributed by atoms with Gasteiger partial charge in [-0.1, -0.05) is 97.1 Å². The van der Waals surface area contributed by atoms with E-state index in [1.54, 1.807) is 0 Å². The number of nitrogens with zero attached hydrogens (tertiary/aromatic N) is 2. The largest absolute Gasteiger partial charge is 0.310 e. The van der Waals surface area contributed by atoms with Crippen LogP contribution in [0.3, 0.4) is 0 Å². The van der Waals surface area contributed by atoms with Crippen molar-refractivity contribution in [3.63, 3.8) is 0 Å². The molecule has 0 spiro atoms. The third-order valence-electron chi connectivity index (χ3n) is 7.97.